The van der Waals surface area contributed by atoms with E-state index in [2.05, 4.69) is 4.98 Å². The van der Waals surface area contributed by atoms with Crippen molar-refractivity contribution in [2.24, 2.45) is 0 Å². The van der Waals surface area contributed by atoms with Gasteiger partial charge in [-0.15, -0.1) is 0 Å². The molecule has 1 N–H and O–H groups in total. The van der Waals surface area contributed by atoms with Gasteiger partial charge in [0.25, 0.3) is 0 Å². The Morgan fingerprint density at radius 3 is 3.06 bits per heavy atom. The van der Waals surface area contributed by atoms with Gasteiger partial charge in [-0.05, 0) is 18.6 Å². The number of pyridine rings is 1. The second-order valence-electron chi connectivity index (χ2n) is 3.39. The summed E-state index contributed by atoms with van der Waals surface area (Å²) in [6.45, 7) is 0.341. The lowest BCUT2D eigenvalue weighted by Crippen LogP contribution is -2.25. The number of hydrogen-bond donors (Lipinski definition) is 1. The molecule has 0 bridgehead atoms. The average Bonchev–Trinajstić information content (AvgIpc) is 2.29. The van der Waals surface area contributed by atoms with Crippen LogP contribution in [0.2, 0.25) is 5.02 Å². The third-order valence-corrected chi connectivity index (χ3v) is 2.39. The Bertz CT molecular complexity index is 437. The minimum absolute atomic E-state index is 0.0160. The minimum atomic E-state index is -0.995. The number of halogens is 2. The lowest BCUT2D eigenvalue weighted by atomic mass is 10.3. The summed E-state index contributed by atoms with van der Waals surface area (Å²) >= 11 is 5.58. The monoisotopic (exact) mass is 258 g/mol. The molecule has 0 unspecified atom stereocenters. The van der Waals surface area contributed by atoms with Crippen molar-refractivity contribution in [2.75, 3.05) is 13.6 Å². The first-order valence-corrected chi connectivity index (χ1v) is 5.30. The van der Waals surface area contributed by atoms with Gasteiger partial charge in [0.05, 0.1) is 10.7 Å². The van der Waals surface area contributed by atoms with E-state index in [1.165, 1.54) is 25.4 Å². The van der Waals surface area contributed by atoms with Gasteiger partial charge in [-0.1, -0.05) is 17.7 Å². The molecule has 0 spiro atoms. The van der Waals surface area contributed by atoms with Crippen LogP contribution in [0, 0.1) is 5.82 Å². The second kappa shape index (κ2) is 6.20. The SMILES string of the molecule is CN(CCC=Cc1nccc(Cl)c1F)C(=O)O. The maximum Gasteiger partial charge on any atom is 0.407 e. The Labute approximate surface area is 103 Å². The Morgan fingerprint density at radius 1 is 1.71 bits per heavy atom. The van der Waals surface area contributed by atoms with Gasteiger partial charge in [0, 0.05) is 19.8 Å². The van der Waals surface area contributed by atoms with Gasteiger partial charge in [-0.2, -0.15) is 0 Å². The molecule has 0 fully saturated rings. The van der Waals surface area contributed by atoms with Crippen molar-refractivity contribution in [1.29, 1.82) is 0 Å². The molecule has 0 aromatic carbocycles. The van der Waals surface area contributed by atoms with E-state index in [4.69, 9.17) is 16.7 Å². The summed E-state index contributed by atoms with van der Waals surface area (Å²) in [4.78, 5) is 15.4. The topological polar surface area (TPSA) is 53.4 Å². The van der Waals surface area contributed by atoms with Crippen LogP contribution < -0.4 is 0 Å². The average molecular weight is 259 g/mol. The first kappa shape index (κ1) is 13.4. The molecule has 0 aliphatic rings. The molecule has 1 rings (SSSR count). The van der Waals surface area contributed by atoms with Gasteiger partial charge >= 0.3 is 6.09 Å². The van der Waals surface area contributed by atoms with Crippen LogP contribution in [0.1, 0.15) is 12.1 Å². The van der Waals surface area contributed by atoms with Gasteiger partial charge in [0.2, 0.25) is 0 Å². The first-order chi connectivity index (χ1) is 8.02. The standard InChI is InChI=1S/C11H12ClFN2O2/c1-15(11(16)17)7-3-2-4-9-10(13)8(12)5-6-14-9/h2,4-6H,3,7H2,1H3,(H,16,17). The molecule has 0 radical (unpaired) electrons. The van der Waals surface area contributed by atoms with E-state index < -0.39 is 11.9 Å². The number of amides is 1. The van der Waals surface area contributed by atoms with Crippen molar-refractivity contribution in [3.8, 4) is 0 Å². The molecule has 1 amide bonds. The smallest absolute Gasteiger partial charge is 0.407 e. The maximum atomic E-state index is 13.4. The summed E-state index contributed by atoms with van der Waals surface area (Å²) in [7, 11) is 1.47. The van der Waals surface area contributed by atoms with E-state index >= 15 is 0 Å². The second-order valence-corrected chi connectivity index (χ2v) is 3.79. The first-order valence-electron chi connectivity index (χ1n) is 4.93. The van der Waals surface area contributed by atoms with E-state index in [0.29, 0.717) is 13.0 Å². The molecule has 1 heterocycles. The zero-order valence-corrected chi connectivity index (χ0v) is 9.99. The highest BCUT2D eigenvalue weighted by Crippen LogP contribution is 2.16. The van der Waals surface area contributed by atoms with Crippen molar-refractivity contribution in [3.05, 3.63) is 34.9 Å². The van der Waals surface area contributed by atoms with Crippen LogP contribution in [0.3, 0.4) is 0 Å². The highest BCUT2D eigenvalue weighted by molar-refractivity contribution is 6.30. The molecule has 92 valence electrons. The van der Waals surface area contributed by atoms with Gasteiger partial charge < -0.3 is 10.0 Å². The fourth-order valence-corrected chi connectivity index (χ4v) is 1.26. The molecule has 17 heavy (non-hydrogen) atoms. The van der Waals surface area contributed by atoms with E-state index in [1.54, 1.807) is 6.08 Å². The van der Waals surface area contributed by atoms with E-state index in [-0.39, 0.29) is 10.7 Å². The molecule has 6 heteroatoms. The van der Waals surface area contributed by atoms with Crippen LogP contribution in [0.15, 0.2) is 18.3 Å². The van der Waals surface area contributed by atoms with E-state index in [9.17, 15) is 9.18 Å². The molecule has 0 atom stereocenters. The van der Waals surface area contributed by atoms with Gasteiger partial charge in [-0.3, -0.25) is 4.98 Å². The van der Waals surface area contributed by atoms with Crippen molar-refractivity contribution < 1.29 is 14.3 Å². The van der Waals surface area contributed by atoms with E-state index in [1.807, 2.05) is 0 Å². The van der Waals surface area contributed by atoms with Crippen LogP contribution in [-0.4, -0.2) is 34.7 Å². The number of aromatic nitrogens is 1. The minimum Gasteiger partial charge on any atom is -0.465 e. The van der Waals surface area contributed by atoms with Crippen molar-refractivity contribution in [1.82, 2.24) is 9.88 Å². The van der Waals surface area contributed by atoms with Gasteiger partial charge in [0.1, 0.15) is 0 Å². The molecule has 1 aromatic heterocycles. The highest BCUT2D eigenvalue weighted by Gasteiger charge is 2.05. The van der Waals surface area contributed by atoms with Crippen LogP contribution in [0.25, 0.3) is 6.08 Å². The summed E-state index contributed by atoms with van der Waals surface area (Å²) in [5.74, 6) is -0.572. The maximum absolute atomic E-state index is 13.4. The van der Waals surface area contributed by atoms with Crippen molar-refractivity contribution in [3.63, 3.8) is 0 Å². The summed E-state index contributed by atoms with van der Waals surface area (Å²) in [6, 6.07) is 1.37. The van der Waals surface area contributed by atoms with Crippen LogP contribution in [0.5, 0.6) is 0 Å². The molecule has 0 aliphatic heterocycles. The Hall–Kier alpha value is -1.62. The Morgan fingerprint density at radius 2 is 2.41 bits per heavy atom. The highest BCUT2D eigenvalue weighted by atomic mass is 35.5. The number of rotatable bonds is 4. The summed E-state index contributed by atoms with van der Waals surface area (Å²) in [5.41, 5.74) is 0.149. The lowest BCUT2D eigenvalue weighted by molar-refractivity contribution is 0.157. The molecule has 1 aromatic rings. The quantitative estimate of drug-likeness (QED) is 0.903. The van der Waals surface area contributed by atoms with Crippen LogP contribution in [-0.2, 0) is 0 Å². The van der Waals surface area contributed by atoms with Crippen LogP contribution in [0.4, 0.5) is 9.18 Å². The zero-order valence-electron chi connectivity index (χ0n) is 9.23. The van der Waals surface area contributed by atoms with Crippen LogP contribution >= 0.6 is 11.6 Å². The third kappa shape index (κ3) is 4.03. The lowest BCUT2D eigenvalue weighted by Gasteiger charge is -2.10. The van der Waals surface area contributed by atoms with E-state index in [0.717, 1.165) is 4.90 Å². The van der Waals surface area contributed by atoms with Gasteiger partial charge in [0.15, 0.2) is 5.82 Å². The number of carboxylic acid groups (broad SMARTS) is 1. The Balaban J connectivity index is 2.54. The summed E-state index contributed by atoms with van der Waals surface area (Å²) in [6.07, 6.45) is 4.04. The molecular weight excluding hydrogens is 247 g/mol. The largest absolute Gasteiger partial charge is 0.465 e. The predicted octanol–water partition coefficient (Wildman–Crippen LogP) is 2.89. The molecule has 0 saturated heterocycles. The Kier molecular flexibility index (Phi) is 4.90. The summed E-state index contributed by atoms with van der Waals surface area (Å²) in [5, 5.41) is 8.61. The number of nitrogens with zero attached hydrogens (tertiary/aromatic N) is 2. The third-order valence-electron chi connectivity index (χ3n) is 2.10. The molecule has 4 nitrogen and oxygen atoms in total. The fourth-order valence-electron chi connectivity index (χ4n) is 1.11. The normalized spacial score (nSPS) is 10.8. The molecule has 0 aliphatic carbocycles. The van der Waals surface area contributed by atoms with Crippen molar-refractivity contribution >= 4 is 23.8 Å². The van der Waals surface area contributed by atoms with Crippen molar-refractivity contribution in [2.45, 2.75) is 6.42 Å². The molecule has 0 saturated carbocycles. The fraction of sp³-hybridized carbons (Fsp3) is 0.273. The number of carbonyl (C=O) groups is 1. The summed E-state index contributed by atoms with van der Waals surface area (Å²) < 4.78 is 13.4. The number of hydrogen-bond acceptors (Lipinski definition) is 2. The molecular formula is C11H12ClFN2O2. The van der Waals surface area contributed by atoms with Gasteiger partial charge in [-0.25, -0.2) is 9.18 Å². The predicted molar refractivity (Wildman–Crippen MR) is 63.5 cm³/mol. The zero-order chi connectivity index (χ0) is 12.8.